The average Bonchev–Trinajstić information content (AvgIpc) is 3.52. The lowest BCUT2D eigenvalue weighted by Crippen LogP contribution is -1.99. The molecule has 0 N–H and O–H groups in total. The quantitative estimate of drug-likeness (QED) is 0.277. The topological polar surface area (TPSA) is 82.2 Å². The summed E-state index contributed by atoms with van der Waals surface area (Å²) in [6.07, 6.45) is 1.59. The molecule has 0 radical (unpaired) electrons. The summed E-state index contributed by atoms with van der Waals surface area (Å²) in [5.74, 6) is 1.53. The number of benzene rings is 2. The highest BCUT2D eigenvalue weighted by Crippen LogP contribution is 2.37. The highest BCUT2D eigenvalue weighted by Gasteiger charge is 2.21. The number of fused-ring (bicyclic) bond motifs is 5. The van der Waals surface area contributed by atoms with Gasteiger partial charge in [-0.05, 0) is 43.3 Å². The number of thioether (sulfide) groups is 1. The Hall–Kier alpha value is -3.65. The van der Waals surface area contributed by atoms with Gasteiger partial charge in [0, 0.05) is 5.39 Å². The summed E-state index contributed by atoms with van der Waals surface area (Å²) in [4.78, 5) is 14.3. The van der Waals surface area contributed by atoms with Gasteiger partial charge in [0.2, 0.25) is 11.7 Å². The molecule has 8 heteroatoms. The number of hydrogen-bond donors (Lipinski definition) is 0. The molecule has 4 heterocycles. The molecule has 1 atom stereocenters. The third-order valence-electron chi connectivity index (χ3n) is 4.93. The van der Waals surface area contributed by atoms with E-state index in [1.807, 2.05) is 43.3 Å². The lowest BCUT2D eigenvalue weighted by molar-refractivity contribution is 0.379. The predicted molar refractivity (Wildman–Crippen MR) is 114 cm³/mol. The monoisotopic (exact) mass is 413 g/mol. The van der Waals surface area contributed by atoms with Crippen LogP contribution in [0.3, 0.4) is 0 Å². The minimum absolute atomic E-state index is 0.112. The lowest BCUT2D eigenvalue weighted by Gasteiger charge is -2.10. The number of nitrogens with zero attached hydrogens (tertiary/aromatic N) is 5. The van der Waals surface area contributed by atoms with Crippen molar-refractivity contribution in [2.45, 2.75) is 17.3 Å². The zero-order valence-electron chi connectivity index (χ0n) is 15.9. The Bertz CT molecular complexity index is 1500. The molecule has 7 nitrogen and oxygen atoms in total. The third kappa shape index (κ3) is 2.68. The highest BCUT2D eigenvalue weighted by atomic mass is 32.2. The number of aromatic nitrogens is 5. The van der Waals surface area contributed by atoms with Gasteiger partial charge in [0.15, 0.2) is 10.9 Å². The van der Waals surface area contributed by atoms with Gasteiger partial charge in [-0.25, -0.2) is 9.97 Å². The van der Waals surface area contributed by atoms with Crippen LogP contribution in [0.15, 0.2) is 81.0 Å². The standard InChI is InChI=1S/C22H15N5O2S/c1-13(21-25-19(26-29-21)18-11-6-12-28-18)30-22-24-15-8-3-2-7-14(15)20-23-16-9-4-5-10-17(16)27(20)22/h2-13H,1H3/t13-/m1/s1. The van der Waals surface area contributed by atoms with Gasteiger partial charge in [0.05, 0.1) is 28.1 Å². The van der Waals surface area contributed by atoms with Crippen molar-refractivity contribution in [2.24, 2.45) is 0 Å². The molecule has 6 rings (SSSR count). The van der Waals surface area contributed by atoms with Crippen LogP contribution < -0.4 is 0 Å². The fourth-order valence-electron chi connectivity index (χ4n) is 3.51. The number of para-hydroxylation sites is 3. The maximum Gasteiger partial charge on any atom is 0.240 e. The van der Waals surface area contributed by atoms with Crippen molar-refractivity contribution in [3.8, 4) is 11.6 Å². The first-order chi connectivity index (χ1) is 14.8. The van der Waals surface area contributed by atoms with Gasteiger partial charge >= 0.3 is 0 Å². The van der Waals surface area contributed by atoms with Gasteiger partial charge in [0.1, 0.15) is 5.65 Å². The van der Waals surface area contributed by atoms with Crippen molar-refractivity contribution in [1.29, 1.82) is 0 Å². The van der Waals surface area contributed by atoms with E-state index in [9.17, 15) is 0 Å². The molecule has 146 valence electrons. The second-order valence-corrected chi connectivity index (χ2v) is 8.17. The highest BCUT2D eigenvalue weighted by molar-refractivity contribution is 7.99. The minimum atomic E-state index is -0.112. The molecule has 0 amide bonds. The molecule has 0 bridgehead atoms. The van der Waals surface area contributed by atoms with Crippen LogP contribution in [0.1, 0.15) is 18.1 Å². The number of hydrogen-bond acceptors (Lipinski definition) is 7. The van der Waals surface area contributed by atoms with Crippen LogP contribution in [0.25, 0.3) is 39.2 Å². The molecule has 0 unspecified atom stereocenters. The molecule has 0 saturated heterocycles. The first-order valence-electron chi connectivity index (χ1n) is 9.48. The zero-order valence-corrected chi connectivity index (χ0v) is 16.7. The Morgan fingerprint density at radius 1 is 0.900 bits per heavy atom. The number of imidazole rings is 1. The van der Waals surface area contributed by atoms with Gasteiger partial charge in [-0.3, -0.25) is 4.40 Å². The van der Waals surface area contributed by atoms with Crippen LogP contribution in [-0.2, 0) is 0 Å². The van der Waals surface area contributed by atoms with E-state index in [1.54, 1.807) is 30.2 Å². The second kappa shape index (κ2) is 6.70. The van der Waals surface area contributed by atoms with Gasteiger partial charge in [0.25, 0.3) is 0 Å². The van der Waals surface area contributed by atoms with E-state index in [2.05, 4.69) is 26.7 Å². The number of rotatable bonds is 4. The zero-order chi connectivity index (χ0) is 20.1. The van der Waals surface area contributed by atoms with E-state index in [-0.39, 0.29) is 5.25 Å². The average molecular weight is 413 g/mol. The molecule has 30 heavy (non-hydrogen) atoms. The summed E-state index contributed by atoms with van der Waals surface area (Å²) in [7, 11) is 0. The maximum atomic E-state index is 5.50. The van der Waals surface area contributed by atoms with Crippen molar-refractivity contribution in [2.75, 3.05) is 0 Å². The van der Waals surface area contributed by atoms with Gasteiger partial charge < -0.3 is 8.94 Å². The largest absolute Gasteiger partial charge is 0.461 e. The van der Waals surface area contributed by atoms with Crippen molar-refractivity contribution < 1.29 is 8.94 Å². The molecule has 0 aliphatic carbocycles. The molecule has 0 aliphatic rings. The Balaban J connectivity index is 1.48. The third-order valence-corrected chi connectivity index (χ3v) is 5.97. The predicted octanol–water partition coefficient (Wildman–Crippen LogP) is 5.53. The minimum Gasteiger partial charge on any atom is -0.461 e. The van der Waals surface area contributed by atoms with E-state index in [1.165, 1.54) is 0 Å². The second-order valence-electron chi connectivity index (χ2n) is 6.86. The summed E-state index contributed by atoms with van der Waals surface area (Å²) >= 11 is 1.56. The Morgan fingerprint density at radius 2 is 1.73 bits per heavy atom. The van der Waals surface area contributed by atoms with Gasteiger partial charge in [-0.1, -0.05) is 41.2 Å². The van der Waals surface area contributed by atoms with Gasteiger partial charge in [-0.2, -0.15) is 4.98 Å². The normalized spacial score (nSPS) is 12.8. The van der Waals surface area contributed by atoms with Crippen LogP contribution in [0.4, 0.5) is 0 Å². The summed E-state index contributed by atoms with van der Waals surface area (Å²) in [6, 6.07) is 19.7. The lowest BCUT2D eigenvalue weighted by atomic mass is 10.2. The van der Waals surface area contributed by atoms with E-state index in [4.69, 9.17) is 18.9 Å². The summed E-state index contributed by atoms with van der Waals surface area (Å²) in [5, 5.41) is 5.77. The molecule has 0 aliphatic heterocycles. The Labute approximate surface area is 174 Å². The fourth-order valence-corrected chi connectivity index (χ4v) is 4.46. The molecular formula is C22H15N5O2S. The van der Waals surface area contributed by atoms with Crippen molar-refractivity contribution >= 4 is 39.3 Å². The van der Waals surface area contributed by atoms with E-state index >= 15 is 0 Å². The smallest absolute Gasteiger partial charge is 0.240 e. The van der Waals surface area contributed by atoms with Crippen LogP contribution in [0.5, 0.6) is 0 Å². The molecule has 0 saturated carbocycles. The maximum absolute atomic E-state index is 5.50. The molecule has 0 spiro atoms. The Kier molecular flexibility index (Phi) is 3.85. The molecule has 0 fully saturated rings. The van der Waals surface area contributed by atoms with E-state index < -0.39 is 0 Å². The first-order valence-corrected chi connectivity index (χ1v) is 10.4. The first kappa shape index (κ1) is 17.2. The molecule has 2 aromatic carbocycles. The molecule has 4 aromatic heterocycles. The fraction of sp³-hybridized carbons (Fsp3) is 0.0909. The summed E-state index contributed by atoms with van der Waals surface area (Å²) in [6.45, 7) is 2.02. The summed E-state index contributed by atoms with van der Waals surface area (Å²) < 4.78 is 13.0. The van der Waals surface area contributed by atoms with E-state index in [0.29, 0.717) is 17.5 Å². The van der Waals surface area contributed by atoms with Gasteiger partial charge in [-0.15, -0.1) is 0 Å². The van der Waals surface area contributed by atoms with Crippen LogP contribution in [-0.4, -0.2) is 24.5 Å². The Morgan fingerprint density at radius 3 is 2.60 bits per heavy atom. The molecule has 6 aromatic rings. The number of furan rings is 1. The van der Waals surface area contributed by atoms with E-state index in [0.717, 1.165) is 32.7 Å². The van der Waals surface area contributed by atoms with Crippen molar-refractivity contribution in [1.82, 2.24) is 24.5 Å². The summed E-state index contributed by atoms with van der Waals surface area (Å²) in [5.41, 5.74) is 3.74. The molecular weight excluding hydrogens is 398 g/mol. The van der Waals surface area contributed by atoms with Crippen LogP contribution >= 0.6 is 11.8 Å². The van der Waals surface area contributed by atoms with Crippen LogP contribution in [0.2, 0.25) is 0 Å². The SMILES string of the molecule is C[C@@H](Sc1nc2ccccc2c2nc3ccccc3n12)c1nc(-c2ccco2)no1. The van der Waals surface area contributed by atoms with Crippen molar-refractivity contribution in [3.05, 3.63) is 72.8 Å². The van der Waals surface area contributed by atoms with Crippen molar-refractivity contribution in [3.63, 3.8) is 0 Å². The van der Waals surface area contributed by atoms with Crippen LogP contribution in [0, 0.1) is 0 Å².